The third-order valence-electron chi connectivity index (χ3n) is 19.3. The van der Waals surface area contributed by atoms with Crippen molar-refractivity contribution in [1.82, 2.24) is 49.8 Å². The number of urea groups is 5. The Kier molecular flexibility index (Phi) is 35.2. The van der Waals surface area contributed by atoms with Gasteiger partial charge in [-0.05, 0) is 98.9 Å². The number of alkyl halides is 1. The zero-order valence-corrected chi connectivity index (χ0v) is 58.6. The van der Waals surface area contributed by atoms with E-state index in [4.69, 9.17) is 47.6 Å². The maximum atomic E-state index is 12.4. The molecule has 0 unspecified atom stereocenters. The van der Waals surface area contributed by atoms with Gasteiger partial charge in [0.15, 0.2) is 11.0 Å². The Morgan fingerprint density at radius 3 is 1.08 bits per heavy atom. The van der Waals surface area contributed by atoms with E-state index in [0.29, 0.717) is 72.2 Å². The molecule has 5 aromatic rings. The molecule has 5 aromatic carbocycles. The molecule has 10 aliphatic heterocycles. The number of aldehydes is 1. The van der Waals surface area contributed by atoms with Gasteiger partial charge >= 0.3 is 49.0 Å². The molecule has 10 atom stereocenters. The van der Waals surface area contributed by atoms with Crippen LogP contribution in [0, 0.1) is 0 Å². The number of carbonyl (C=O) groups excluding carboxylic acids is 7. The zero-order chi connectivity index (χ0) is 72.1. The van der Waals surface area contributed by atoms with Crippen LogP contribution in [0.4, 0.5) is 28.4 Å². The summed E-state index contributed by atoms with van der Waals surface area (Å²) in [6.45, 7) is 6.50. The van der Waals surface area contributed by atoms with Crippen molar-refractivity contribution < 1.29 is 99.3 Å². The number of aliphatic hydroxyl groups excluding tert-OH is 1. The maximum Gasteiger partial charge on any atom is 1.00 e. The monoisotopic (exact) mass is 1480 g/mol. The summed E-state index contributed by atoms with van der Waals surface area (Å²) in [5.74, 6) is 0.0571. The quantitative estimate of drug-likeness (QED) is 0.0217. The van der Waals surface area contributed by atoms with Crippen LogP contribution in [0.2, 0.25) is 0 Å². The Balaban J connectivity index is 0.000000279. The van der Waals surface area contributed by atoms with E-state index in [9.17, 15) is 43.1 Å². The first kappa shape index (κ1) is 86.3. The van der Waals surface area contributed by atoms with Gasteiger partial charge < -0.3 is 46.2 Å². The molecule has 10 bridgehead atoms. The van der Waals surface area contributed by atoms with Crippen LogP contribution < -0.4 is 18.9 Å². The number of rotatable bonds is 20. The van der Waals surface area contributed by atoms with Crippen LogP contribution in [0.3, 0.4) is 0 Å². The number of carbonyl (C=O) groups is 7. The fraction of sp³-hybridized carbons (Fsp3) is 0.480. The molecule has 10 aliphatic rings. The van der Waals surface area contributed by atoms with Crippen molar-refractivity contribution in [3.8, 4) is 0 Å². The van der Waals surface area contributed by atoms with Crippen LogP contribution >= 0.6 is 11.6 Å². The topological polar surface area (TPSA) is 283 Å². The molecule has 0 spiro atoms. The second-order valence-electron chi connectivity index (χ2n) is 25.7. The zero-order valence-electron chi connectivity index (χ0n) is 59.9. The molecule has 569 valence electrons. The average Bonchev–Trinajstić information content (AvgIpc) is 1.67. The number of benzene rings is 5. The molecule has 15 rings (SSSR count). The smallest absolute Gasteiger partial charge is 1.00 e. The molecule has 0 aliphatic carbocycles. The van der Waals surface area contributed by atoms with Crippen molar-refractivity contribution >= 4 is 73.6 Å². The third-order valence-corrected chi connectivity index (χ3v) is 19.7. The fourth-order valence-electron chi connectivity index (χ4n) is 14.0. The largest absolute Gasteiger partial charge is 1.00 e. The van der Waals surface area contributed by atoms with E-state index in [1.54, 1.807) is 31.4 Å². The molecule has 0 aromatic heterocycles. The van der Waals surface area contributed by atoms with Crippen LogP contribution in [0.5, 0.6) is 0 Å². The van der Waals surface area contributed by atoms with E-state index in [2.05, 4.69) is 10.3 Å². The molecule has 10 amide bonds. The van der Waals surface area contributed by atoms with Gasteiger partial charge in [0.2, 0.25) is 0 Å². The number of hydrogen-bond donors (Lipinski definition) is 3. The van der Waals surface area contributed by atoms with Gasteiger partial charge in [0.05, 0.1) is 81.8 Å². The van der Waals surface area contributed by atoms with Crippen molar-refractivity contribution in [2.45, 2.75) is 187 Å². The number of aliphatic hydroxyl groups is 1. The summed E-state index contributed by atoms with van der Waals surface area (Å²) in [5, 5.41) is 40.1. The summed E-state index contributed by atoms with van der Waals surface area (Å²) in [6.07, 6.45) is 10.2. The van der Waals surface area contributed by atoms with Crippen LogP contribution in [-0.2, 0) is 66.8 Å². The Bertz CT molecular complexity index is 3640. The van der Waals surface area contributed by atoms with Crippen molar-refractivity contribution in [1.29, 1.82) is 0 Å². The van der Waals surface area contributed by atoms with Gasteiger partial charge in [0.25, 0.3) is 0 Å². The molecule has 10 heterocycles. The van der Waals surface area contributed by atoms with Crippen LogP contribution in [0.1, 0.15) is 124 Å². The van der Waals surface area contributed by atoms with Crippen molar-refractivity contribution in [2.75, 3.05) is 46.5 Å². The van der Waals surface area contributed by atoms with Crippen molar-refractivity contribution in [3.63, 3.8) is 0 Å². The summed E-state index contributed by atoms with van der Waals surface area (Å²) in [5.41, 5.74) is 5.14. The molecular weight excluding hydrogens is 1380 g/mol. The molecule has 27 nitrogen and oxygen atoms in total. The number of Topliss-reactive ketones (excluding diaryl/α,β-unsaturated/α-hetero) is 1. The number of oxime groups is 2. The maximum absolute atomic E-state index is 12.4. The molecular formula is C75H101BClFLiN12O15. The number of fused-ring (bicyclic) bond motifs is 10. The van der Waals surface area contributed by atoms with Crippen LogP contribution in [0.15, 0.2) is 162 Å². The SMILES string of the molecule is C.C.C.CC(=O)[C@@H]1CC[C@@H]2CN1C(=O)N2OCc1ccccc1.O=C1N2C[C@@H](CC[C@H]2/C(Cl)=N\O)N1OCc1ccccc1.O=C1N2C[C@@H](CC[C@H]2/C=N\O)N1OCc1ccccc1.O=C1N2C[C@@H](CC[C@H]2CO)N1OCc1ccccc1.O=C[C@@H]1CC[C@@H]2CN1C(=O)N2OCc1ccccc1.[2H]CF.[B].[H-].[Li+]. The average molecular weight is 1480 g/mol. The predicted molar refractivity (Wildman–Crippen MR) is 393 cm³/mol. The number of amides is 10. The van der Waals surface area contributed by atoms with E-state index in [0.717, 1.165) is 91.9 Å². The Hall–Kier alpha value is -8.63. The number of hydroxylamine groups is 10. The number of halogens is 2. The summed E-state index contributed by atoms with van der Waals surface area (Å²) >= 11 is 5.87. The Labute approximate surface area is 642 Å². The normalized spacial score (nSPS) is 24.1. The minimum absolute atomic E-state index is 0. The van der Waals surface area contributed by atoms with Gasteiger partial charge in [-0.3, -0.25) is 33.4 Å². The summed E-state index contributed by atoms with van der Waals surface area (Å²) < 4.78 is 15.5. The van der Waals surface area contributed by atoms with Crippen LogP contribution in [-0.4, -0.2) is 234 Å². The fourth-order valence-corrected chi connectivity index (χ4v) is 14.2. The predicted octanol–water partition coefficient (Wildman–Crippen LogP) is 8.43. The van der Waals surface area contributed by atoms with Gasteiger partial charge in [-0.25, -0.2) is 24.0 Å². The van der Waals surface area contributed by atoms with Crippen molar-refractivity contribution in [3.05, 3.63) is 179 Å². The molecule has 10 fully saturated rings. The number of hydrogen-bond acceptors (Lipinski definition) is 17. The van der Waals surface area contributed by atoms with E-state index >= 15 is 0 Å². The number of ketones is 1. The molecule has 3 radical (unpaired) electrons. The summed E-state index contributed by atoms with van der Waals surface area (Å²) in [7, 11) is -1.00. The third kappa shape index (κ3) is 21.6. The molecule has 0 saturated carbocycles. The van der Waals surface area contributed by atoms with Gasteiger partial charge in [0.1, 0.15) is 39.3 Å². The Morgan fingerprint density at radius 1 is 0.481 bits per heavy atom. The van der Waals surface area contributed by atoms with Gasteiger partial charge in [0, 0.05) is 41.1 Å². The van der Waals surface area contributed by atoms with Gasteiger partial charge in [-0.15, -0.1) is 0 Å². The van der Waals surface area contributed by atoms with Gasteiger partial charge in [-0.2, -0.15) is 25.3 Å². The number of piperidine rings is 5. The molecule has 31 heteroatoms. The summed E-state index contributed by atoms with van der Waals surface area (Å²) in [6, 6.07) is 47.2. The van der Waals surface area contributed by atoms with Crippen molar-refractivity contribution in [2.24, 2.45) is 10.3 Å². The van der Waals surface area contributed by atoms with Gasteiger partial charge in [-0.1, -0.05) is 196 Å². The minimum Gasteiger partial charge on any atom is -1.00 e. The van der Waals surface area contributed by atoms with E-state index in [1.165, 1.54) is 31.5 Å². The van der Waals surface area contributed by atoms with Crippen LogP contribution in [0.25, 0.3) is 0 Å². The molecule has 106 heavy (non-hydrogen) atoms. The van der Waals surface area contributed by atoms with E-state index in [1.807, 2.05) is 152 Å². The first-order valence-electron chi connectivity index (χ1n) is 34.7. The Morgan fingerprint density at radius 2 is 0.755 bits per heavy atom. The first-order valence-corrected chi connectivity index (χ1v) is 34.3. The standard InChI is InChI=1S/C15H18N2O3.C14H16ClN3O3.C14H17N3O3.C14H18N2O3.C14H16N2O3.CH3F.3CH4.B.Li.H/c1-11(18)14-8-7-13-9-16(14)15(19)17(13)20-10-12-5-3-2-4-6-12;15-13(16-20)12-7-6-11-8-17(12)14(19)18(11)21-9-10-4-2-1-3-5-10;18-14-16-9-13(7-6-12(16)8-15-19)17(14)20-10-11-4-2-1-3-5-11;2*17-9-13-7-6-12-8-15(13)14(18)16(12)19-10-11-4-2-1-3-5-11;1-2;;;;;;/h2-6,13-14H,7-10H2,1H3;1-5,11-12,20H,6-9H2;1-5,8,12-13,19H,6-7,9-10H2;1-5,12-13,17H,6-10H2;1-5,9,12-13H,6-8,10H2;1H3;3*1H4;;;/q;;;;;;;;;;+1;-1/b;16-13+;15-8-;;;;;;;;;/t13-,14+;11-,12+;3*12-,13+;;;;;;;/m11011......./s1/i;;;;;1D;;;;;;. The second kappa shape index (κ2) is 43.2. The summed E-state index contributed by atoms with van der Waals surface area (Å²) in [4.78, 5) is 120. The first-order chi connectivity index (χ1) is 49.7. The second-order valence-corrected chi connectivity index (χ2v) is 26.1. The minimum atomic E-state index is -1.00. The number of nitrogens with zero attached hydrogens (tertiary/aromatic N) is 12. The molecule has 3 N–H and O–H groups in total. The van der Waals surface area contributed by atoms with E-state index < -0.39 is 7.15 Å². The molecule has 10 saturated heterocycles. The van der Waals surface area contributed by atoms with E-state index in [-0.39, 0.29) is 159 Å².